The Kier molecular flexibility index (Phi) is 9.75. The summed E-state index contributed by atoms with van der Waals surface area (Å²) in [6, 6.07) is 0. The molecule has 0 aliphatic heterocycles. The molecule has 13 heteroatoms. The number of esters is 2. The second-order valence-corrected chi connectivity index (χ2v) is 8.85. The summed E-state index contributed by atoms with van der Waals surface area (Å²) in [5.41, 5.74) is 0.368. The summed E-state index contributed by atoms with van der Waals surface area (Å²) in [5, 5.41) is 2.15. The van der Waals surface area contributed by atoms with Gasteiger partial charge in [-0.05, 0) is 26.3 Å². The average Bonchev–Trinajstić information content (AvgIpc) is 3.07. The highest BCUT2D eigenvalue weighted by molar-refractivity contribution is 7.18. The van der Waals surface area contributed by atoms with E-state index < -0.39 is 24.5 Å². The molecule has 0 unspecified atom stereocenters. The van der Waals surface area contributed by atoms with Crippen LogP contribution in [0.15, 0.2) is 0 Å². The van der Waals surface area contributed by atoms with Crippen molar-refractivity contribution in [2.24, 2.45) is 0 Å². The van der Waals surface area contributed by atoms with Crippen LogP contribution in [0.4, 0.5) is 5.00 Å². The van der Waals surface area contributed by atoms with Gasteiger partial charge in [0, 0.05) is 0 Å². The third kappa shape index (κ3) is 5.73. The molecule has 1 aromatic carbocycles. The Morgan fingerprint density at radius 3 is 1.88 bits per heavy atom. The first kappa shape index (κ1) is 26.8. The number of amides is 1. The number of benzene rings is 1. The predicted molar refractivity (Wildman–Crippen MR) is 127 cm³/mol. The molecule has 7 nitrogen and oxygen atoms in total. The average molecular weight is 564 g/mol. The molecule has 0 aliphatic carbocycles. The molecule has 32 heavy (non-hydrogen) atoms. The van der Waals surface area contributed by atoms with Gasteiger partial charge in [-0.1, -0.05) is 58.0 Å². The zero-order chi connectivity index (χ0) is 24.2. The molecule has 0 radical (unpaired) electrons. The molecule has 2 rings (SSSR count). The molecular weight excluding hydrogens is 548 g/mol. The molecule has 2 aromatic rings. The number of anilines is 1. The molecule has 1 heterocycles. The lowest BCUT2D eigenvalue weighted by molar-refractivity contribution is -0.118. The molecular formula is C19H16Cl5NO6S. The molecule has 1 aromatic heterocycles. The lowest BCUT2D eigenvalue weighted by atomic mass is 10.1. The van der Waals surface area contributed by atoms with Crippen LogP contribution in [0.2, 0.25) is 25.1 Å². The minimum Gasteiger partial charge on any atom is -0.481 e. The fraction of sp³-hybridized carbons (Fsp3) is 0.316. The molecule has 1 N–H and O–H groups in total. The van der Waals surface area contributed by atoms with E-state index in [4.69, 9.17) is 72.2 Å². The first-order chi connectivity index (χ1) is 15.0. The van der Waals surface area contributed by atoms with Crippen molar-refractivity contribution in [3.8, 4) is 5.75 Å². The first-order valence-corrected chi connectivity index (χ1v) is 11.7. The van der Waals surface area contributed by atoms with Crippen molar-refractivity contribution in [1.82, 2.24) is 0 Å². The molecule has 0 spiro atoms. The highest BCUT2D eigenvalue weighted by Gasteiger charge is 2.28. The highest BCUT2D eigenvalue weighted by Crippen LogP contribution is 2.48. The van der Waals surface area contributed by atoms with Crippen LogP contribution in [0.3, 0.4) is 0 Å². The van der Waals surface area contributed by atoms with E-state index in [1.807, 2.05) is 0 Å². The highest BCUT2D eigenvalue weighted by atomic mass is 35.5. The third-order valence-corrected chi connectivity index (χ3v) is 7.29. The van der Waals surface area contributed by atoms with Crippen LogP contribution in [0, 0.1) is 6.92 Å². The van der Waals surface area contributed by atoms with Crippen LogP contribution in [-0.2, 0) is 14.3 Å². The van der Waals surface area contributed by atoms with Gasteiger partial charge in [-0.15, -0.1) is 11.3 Å². The third-order valence-electron chi connectivity index (χ3n) is 3.86. The second kappa shape index (κ2) is 11.6. The van der Waals surface area contributed by atoms with E-state index in [1.54, 1.807) is 20.8 Å². The van der Waals surface area contributed by atoms with Crippen LogP contribution in [0.1, 0.15) is 39.4 Å². The quantitative estimate of drug-likeness (QED) is 0.219. The van der Waals surface area contributed by atoms with Gasteiger partial charge in [0.15, 0.2) is 12.4 Å². The SMILES string of the molecule is CCOC(=O)c1sc(NC(=O)COc2c(Cl)c(Cl)c(Cl)c(Cl)c2Cl)c(C(=O)OCC)c1C. The largest absolute Gasteiger partial charge is 0.481 e. The van der Waals surface area contributed by atoms with Gasteiger partial charge in [-0.25, -0.2) is 9.59 Å². The molecule has 0 atom stereocenters. The molecule has 174 valence electrons. The number of hydrogen-bond donors (Lipinski definition) is 1. The summed E-state index contributed by atoms with van der Waals surface area (Å²) >= 11 is 30.9. The maximum atomic E-state index is 12.5. The van der Waals surface area contributed by atoms with Crippen LogP contribution in [-0.4, -0.2) is 37.7 Å². The summed E-state index contributed by atoms with van der Waals surface area (Å²) in [6.07, 6.45) is 0. The maximum absolute atomic E-state index is 12.5. The lowest BCUT2D eigenvalue weighted by Gasteiger charge is -2.13. The zero-order valence-corrected chi connectivity index (χ0v) is 21.5. The topological polar surface area (TPSA) is 90.9 Å². The molecule has 0 saturated carbocycles. The van der Waals surface area contributed by atoms with Gasteiger partial charge in [-0.2, -0.15) is 0 Å². The van der Waals surface area contributed by atoms with Crippen LogP contribution in [0.25, 0.3) is 0 Å². The number of carbonyl (C=O) groups excluding carboxylic acids is 3. The zero-order valence-electron chi connectivity index (χ0n) is 16.9. The number of carbonyl (C=O) groups is 3. The monoisotopic (exact) mass is 561 g/mol. The smallest absolute Gasteiger partial charge is 0.348 e. The number of halogens is 5. The van der Waals surface area contributed by atoms with Crippen LogP contribution in [0.5, 0.6) is 5.75 Å². The minimum atomic E-state index is -0.699. The number of thiophene rings is 1. The minimum absolute atomic E-state index is 0.0434. The Bertz CT molecular complexity index is 1040. The van der Waals surface area contributed by atoms with E-state index >= 15 is 0 Å². The molecule has 1 amide bonds. The summed E-state index contributed by atoms with van der Waals surface area (Å²) in [6.45, 7) is 4.52. The predicted octanol–water partition coefficient (Wildman–Crippen LogP) is 6.69. The van der Waals surface area contributed by atoms with E-state index in [1.165, 1.54) is 0 Å². The number of nitrogens with one attached hydrogen (secondary N) is 1. The van der Waals surface area contributed by atoms with E-state index in [2.05, 4.69) is 5.32 Å². The van der Waals surface area contributed by atoms with Gasteiger partial charge in [-0.3, -0.25) is 4.79 Å². The van der Waals surface area contributed by atoms with Gasteiger partial charge in [0.05, 0.1) is 33.8 Å². The van der Waals surface area contributed by atoms with E-state index in [-0.39, 0.29) is 59.5 Å². The van der Waals surface area contributed by atoms with Crippen molar-refractivity contribution in [3.05, 3.63) is 41.1 Å². The Labute approximate surface area is 212 Å². The standard InChI is InChI=1S/C19H16Cl5NO6S/c1-4-29-18(27)9-7(3)16(19(28)30-5-2)32-17(9)25-8(26)6-31-15-13(23)11(21)10(20)12(22)14(15)24/h4-6H2,1-3H3,(H,25,26). The van der Waals surface area contributed by atoms with Crippen molar-refractivity contribution < 1.29 is 28.6 Å². The van der Waals surface area contributed by atoms with Gasteiger partial charge in [0.2, 0.25) is 0 Å². The summed E-state index contributed by atoms with van der Waals surface area (Å²) in [4.78, 5) is 37.3. The fourth-order valence-corrected chi connectivity index (χ4v) is 4.79. The number of ether oxygens (including phenoxy) is 3. The lowest BCUT2D eigenvalue weighted by Crippen LogP contribution is -2.21. The van der Waals surface area contributed by atoms with Gasteiger partial charge >= 0.3 is 11.9 Å². The maximum Gasteiger partial charge on any atom is 0.348 e. The van der Waals surface area contributed by atoms with Gasteiger partial charge < -0.3 is 19.5 Å². The van der Waals surface area contributed by atoms with Crippen molar-refractivity contribution in [1.29, 1.82) is 0 Å². The first-order valence-electron chi connectivity index (χ1n) is 8.96. The van der Waals surface area contributed by atoms with E-state index in [9.17, 15) is 14.4 Å². The summed E-state index contributed by atoms with van der Waals surface area (Å²) in [5.74, 6) is -2.14. The molecule has 0 fully saturated rings. The normalized spacial score (nSPS) is 10.6. The van der Waals surface area contributed by atoms with Crippen molar-refractivity contribution in [2.45, 2.75) is 20.8 Å². The number of rotatable bonds is 8. The van der Waals surface area contributed by atoms with Crippen molar-refractivity contribution in [2.75, 3.05) is 25.1 Å². The van der Waals surface area contributed by atoms with Crippen LogP contribution < -0.4 is 10.1 Å². The summed E-state index contributed by atoms with van der Waals surface area (Å²) < 4.78 is 15.4. The Morgan fingerprint density at radius 2 is 1.34 bits per heavy atom. The Hall–Kier alpha value is -1.42. The van der Waals surface area contributed by atoms with Crippen LogP contribution >= 0.6 is 69.3 Å². The Balaban J connectivity index is 2.29. The van der Waals surface area contributed by atoms with Crippen molar-refractivity contribution >= 4 is 92.2 Å². The number of hydrogen-bond acceptors (Lipinski definition) is 7. The molecule has 0 saturated heterocycles. The summed E-state index contributed by atoms with van der Waals surface area (Å²) in [7, 11) is 0. The second-order valence-electron chi connectivity index (χ2n) is 5.94. The Morgan fingerprint density at radius 1 is 0.844 bits per heavy atom. The molecule has 0 aliphatic rings. The van der Waals surface area contributed by atoms with Gasteiger partial charge in [0.25, 0.3) is 5.91 Å². The molecule has 0 bridgehead atoms. The fourth-order valence-electron chi connectivity index (χ4n) is 2.45. The van der Waals surface area contributed by atoms with E-state index in [0.717, 1.165) is 11.3 Å². The van der Waals surface area contributed by atoms with Crippen molar-refractivity contribution in [3.63, 3.8) is 0 Å². The van der Waals surface area contributed by atoms with E-state index in [0.29, 0.717) is 5.56 Å². The van der Waals surface area contributed by atoms with Gasteiger partial charge in [0.1, 0.15) is 19.9 Å².